The van der Waals surface area contributed by atoms with E-state index in [2.05, 4.69) is 21.2 Å². The predicted octanol–water partition coefficient (Wildman–Crippen LogP) is 5.91. The Morgan fingerprint density at radius 2 is 1.84 bits per heavy atom. The molecule has 162 valence electrons. The average molecular weight is 511 g/mol. The van der Waals surface area contributed by atoms with E-state index < -0.39 is 11.9 Å². The first kappa shape index (κ1) is 23.3. The normalized spacial score (nSPS) is 10.9. The SMILES string of the molecule is CCOC(=O)c1c(-c2ccc(Br)cc2)csc1NC(=O)/C(C#N)=C/c1ccc(OC)cc1. The van der Waals surface area contributed by atoms with Crippen molar-refractivity contribution in [2.45, 2.75) is 6.92 Å². The van der Waals surface area contributed by atoms with E-state index in [1.807, 2.05) is 30.3 Å². The first-order valence-corrected chi connectivity index (χ1v) is 11.3. The third kappa shape index (κ3) is 5.44. The predicted molar refractivity (Wildman–Crippen MR) is 129 cm³/mol. The fraction of sp³-hybridized carbons (Fsp3) is 0.125. The maximum absolute atomic E-state index is 12.8. The fourth-order valence-electron chi connectivity index (χ4n) is 2.88. The van der Waals surface area contributed by atoms with E-state index in [0.717, 1.165) is 10.0 Å². The largest absolute Gasteiger partial charge is 0.497 e. The topological polar surface area (TPSA) is 88.4 Å². The second-order valence-electron chi connectivity index (χ2n) is 6.48. The lowest BCUT2D eigenvalue weighted by atomic mass is 10.0. The molecular formula is C24H19BrN2O4S. The highest BCUT2D eigenvalue weighted by atomic mass is 79.9. The number of rotatable bonds is 7. The average Bonchev–Trinajstić information content (AvgIpc) is 3.22. The summed E-state index contributed by atoms with van der Waals surface area (Å²) in [5.74, 6) is -0.485. The van der Waals surface area contributed by atoms with Crippen LogP contribution in [0.2, 0.25) is 0 Å². The number of nitrogens with one attached hydrogen (secondary N) is 1. The molecule has 0 radical (unpaired) electrons. The second kappa shape index (κ2) is 10.8. The van der Waals surface area contributed by atoms with Gasteiger partial charge in [0.15, 0.2) is 0 Å². The number of thiophene rings is 1. The zero-order chi connectivity index (χ0) is 23.1. The van der Waals surface area contributed by atoms with Crippen molar-refractivity contribution in [1.82, 2.24) is 0 Å². The molecule has 0 atom stereocenters. The van der Waals surface area contributed by atoms with E-state index in [4.69, 9.17) is 9.47 Å². The summed E-state index contributed by atoms with van der Waals surface area (Å²) in [6.07, 6.45) is 1.47. The Kier molecular flexibility index (Phi) is 7.82. The van der Waals surface area contributed by atoms with Gasteiger partial charge in [-0.3, -0.25) is 4.79 Å². The molecule has 6 nitrogen and oxygen atoms in total. The standard InChI is InChI=1S/C24H19BrN2O4S/c1-3-31-24(29)21-20(16-6-8-18(25)9-7-16)14-32-23(21)27-22(28)17(13-26)12-15-4-10-19(30-2)11-5-15/h4-12,14H,3H2,1-2H3,(H,27,28)/b17-12+. The third-order valence-electron chi connectivity index (χ3n) is 4.44. The van der Waals surface area contributed by atoms with Crippen molar-refractivity contribution >= 4 is 50.2 Å². The Balaban J connectivity index is 1.93. The zero-order valence-electron chi connectivity index (χ0n) is 17.3. The number of methoxy groups -OCH3 is 1. The van der Waals surface area contributed by atoms with Gasteiger partial charge in [-0.1, -0.05) is 40.2 Å². The van der Waals surface area contributed by atoms with Crippen LogP contribution in [0.5, 0.6) is 5.75 Å². The van der Waals surface area contributed by atoms with E-state index in [0.29, 0.717) is 21.9 Å². The molecule has 1 aromatic heterocycles. The Morgan fingerprint density at radius 3 is 2.44 bits per heavy atom. The van der Waals surface area contributed by atoms with Crippen LogP contribution in [0.3, 0.4) is 0 Å². The van der Waals surface area contributed by atoms with Gasteiger partial charge < -0.3 is 14.8 Å². The summed E-state index contributed by atoms with van der Waals surface area (Å²) < 4.78 is 11.2. The van der Waals surface area contributed by atoms with Crippen molar-refractivity contribution in [2.75, 3.05) is 19.0 Å². The summed E-state index contributed by atoms with van der Waals surface area (Å²) in [6, 6.07) is 16.3. The molecule has 8 heteroatoms. The number of hydrogen-bond acceptors (Lipinski definition) is 6. The number of anilines is 1. The van der Waals surface area contributed by atoms with Crippen LogP contribution < -0.4 is 10.1 Å². The molecule has 0 aliphatic heterocycles. The molecular weight excluding hydrogens is 492 g/mol. The number of nitriles is 1. The highest BCUT2D eigenvalue weighted by molar-refractivity contribution is 9.10. The van der Waals surface area contributed by atoms with Crippen LogP contribution in [0.4, 0.5) is 5.00 Å². The van der Waals surface area contributed by atoms with Crippen LogP contribution in [-0.2, 0) is 9.53 Å². The number of amides is 1. The van der Waals surface area contributed by atoms with Crippen LogP contribution in [0, 0.1) is 11.3 Å². The summed E-state index contributed by atoms with van der Waals surface area (Å²) >= 11 is 4.60. The van der Waals surface area contributed by atoms with Crippen molar-refractivity contribution < 1.29 is 19.1 Å². The Hall–Kier alpha value is -3.41. The van der Waals surface area contributed by atoms with E-state index >= 15 is 0 Å². The molecule has 0 aliphatic rings. The number of ether oxygens (including phenoxy) is 2. The first-order valence-electron chi connectivity index (χ1n) is 9.58. The molecule has 0 unspecified atom stereocenters. The van der Waals surface area contributed by atoms with E-state index in [-0.39, 0.29) is 17.7 Å². The minimum absolute atomic E-state index is 0.0939. The van der Waals surface area contributed by atoms with E-state index in [1.165, 1.54) is 17.4 Å². The van der Waals surface area contributed by atoms with Crippen molar-refractivity contribution in [3.63, 3.8) is 0 Å². The van der Waals surface area contributed by atoms with Gasteiger partial charge >= 0.3 is 5.97 Å². The molecule has 1 amide bonds. The van der Waals surface area contributed by atoms with Gasteiger partial charge in [-0.2, -0.15) is 5.26 Å². The summed E-state index contributed by atoms with van der Waals surface area (Å²) in [5.41, 5.74) is 2.29. The van der Waals surface area contributed by atoms with Gasteiger partial charge in [0.2, 0.25) is 0 Å². The lowest BCUT2D eigenvalue weighted by Gasteiger charge is -2.09. The highest BCUT2D eigenvalue weighted by Crippen LogP contribution is 2.37. The zero-order valence-corrected chi connectivity index (χ0v) is 19.7. The number of carbonyl (C=O) groups is 2. The van der Waals surface area contributed by atoms with Crippen LogP contribution >= 0.6 is 27.3 Å². The molecule has 2 aromatic carbocycles. The smallest absolute Gasteiger partial charge is 0.341 e. The monoisotopic (exact) mass is 510 g/mol. The second-order valence-corrected chi connectivity index (χ2v) is 8.27. The Morgan fingerprint density at radius 1 is 1.16 bits per heavy atom. The number of nitrogens with zero attached hydrogens (tertiary/aromatic N) is 1. The van der Waals surface area contributed by atoms with Crippen LogP contribution in [0.25, 0.3) is 17.2 Å². The molecule has 0 aliphatic carbocycles. The van der Waals surface area contributed by atoms with Crippen LogP contribution in [-0.4, -0.2) is 25.6 Å². The molecule has 3 aromatic rings. The number of hydrogen-bond donors (Lipinski definition) is 1. The third-order valence-corrected chi connectivity index (χ3v) is 5.87. The lowest BCUT2D eigenvalue weighted by molar-refractivity contribution is -0.112. The number of esters is 1. The van der Waals surface area contributed by atoms with Gasteiger partial charge in [-0.15, -0.1) is 11.3 Å². The molecule has 0 saturated heterocycles. The number of benzene rings is 2. The first-order chi connectivity index (χ1) is 15.5. The van der Waals surface area contributed by atoms with Gasteiger partial charge in [-0.25, -0.2) is 4.79 Å². The Bertz CT molecular complexity index is 1190. The van der Waals surface area contributed by atoms with Crippen LogP contribution in [0.1, 0.15) is 22.8 Å². The molecule has 3 rings (SSSR count). The summed E-state index contributed by atoms with van der Waals surface area (Å²) in [7, 11) is 1.56. The van der Waals surface area contributed by atoms with Crippen molar-refractivity contribution in [3.8, 4) is 22.9 Å². The van der Waals surface area contributed by atoms with Crippen molar-refractivity contribution in [1.29, 1.82) is 5.26 Å². The van der Waals surface area contributed by atoms with Crippen molar-refractivity contribution in [2.24, 2.45) is 0 Å². The van der Waals surface area contributed by atoms with Gasteiger partial charge in [0.1, 0.15) is 28.0 Å². The number of carbonyl (C=O) groups excluding carboxylic acids is 2. The van der Waals surface area contributed by atoms with Gasteiger partial charge in [0.25, 0.3) is 5.91 Å². The van der Waals surface area contributed by atoms with E-state index in [1.54, 1.807) is 43.7 Å². The fourth-order valence-corrected chi connectivity index (χ4v) is 4.10. The Labute approximate surface area is 198 Å². The minimum atomic E-state index is -0.613. The van der Waals surface area contributed by atoms with Crippen molar-refractivity contribution in [3.05, 3.63) is 75.1 Å². The molecule has 0 fully saturated rings. The summed E-state index contributed by atoms with van der Waals surface area (Å²) in [5, 5.41) is 14.3. The van der Waals surface area contributed by atoms with Gasteiger partial charge in [-0.05, 0) is 48.4 Å². The number of halogens is 1. The maximum atomic E-state index is 12.8. The molecule has 0 saturated carbocycles. The molecule has 32 heavy (non-hydrogen) atoms. The molecule has 0 bridgehead atoms. The molecule has 1 heterocycles. The molecule has 1 N–H and O–H groups in total. The quantitative estimate of drug-likeness (QED) is 0.242. The maximum Gasteiger partial charge on any atom is 0.341 e. The highest BCUT2D eigenvalue weighted by Gasteiger charge is 2.23. The van der Waals surface area contributed by atoms with Crippen LogP contribution in [0.15, 0.2) is 64.0 Å². The lowest BCUT2D eigenvalue weighted by Crippen LogP contribution is -2.16. The van der Waals surface area contributed by atoms with E-state index in [9.17, 15) is 14.9 Å². The summed E-state index contributed by atoms with van der Waals surface area (Å²) in [6.45, 7) is 1.91. The van der Waals surface area contributed by atoms with Gasteiger partial charge in [0.05, 0.1) is 13.7 Å². The molecule has 0 spiro atoms. The minimum Gasteiger partial charge on any atom is -0.497 e. The summed E-state index contributed by atoms with van der Waals surface area (Å²) in [4.78, 5) is 25.5. The van der Waals surface area contributed by atoms with Gasteiger partial charge in [0, 0.05) is 15.4 Å².